The van der Waals surface area contributed by atoms with Crippen LogP contribution in [-0.2, 0) is 11.3 Å². The van der Waals surface area contributed by atoms with Crippen LogP contribution < -0.4 is 4.90 Å². The molecule has 1 aromatic rings. The highest BCUT2D eigenvalue weighted by Crippen LogP contribution is 2.27. The first-order chi connectivity index (χ1) is 9.17. The number of rotatable bonds is 8. The van der Waals surface area contributed by atoms with E-state index in [9.17, 15) is 5.11 Å². The average Bonchev–Trinajstić information content (AvgIpc) is 2.43. The van der Waals surface area contributed by atoms with Crippen molar-refractivity contribution >= 4 is 21.6 Å². The van der Waals surface area contributed by atoms with Gasteiger partial charge in [-0.1, -0.05) is 35.8 Å². The minimum absolute atomic E-state index is 0.0594. The Hall–Kier alpha value is -0.580. The molecule has 19 heavy (non-hydrogen) atoms. The molecule has 1 aromatic carbocycles. The van der Waals surface area contributed by atoms with Crippen molar-refractivity contribution in [3.8, 4) is 0 Å². The lowest BCUT2D eigenvalue weighted by molar-refractivity contribution is 0.202. The number of anilines is 1. The molecule has 0 bridgehead atoms. The van der Waals surface area contributed by atoms with Gasteiger partial charge < -0.3 is 14.7 Å². The van der Waals surface area contributed by atoms with E-state index in [1.807, 2.05) is 6.07 Å². The number of halogens is 1. The maximum atomic E-state index is 9.23. The van der Waals surface area contributed by atoms with Gasteiger partial charge in [0.1, 0.15) is 0 Å². The van der Waals surface area contributed by atoms with Crippen LogP contribution in [0.3, 0.4) is 0 Å². The van der Waals surface area contributed by atoms with Crippen molar-refractivity contribution in [1.29, 1.82) is 0 Å². The van der Waals surface area contributed by atoms with Crippen LogP contribution in [0.5, 0.6) is 0 Å². The van der Waals surface area contributed by atoms with Crippen molar-refractivity contribution in [2.24, 2.45) is 0 Å². The van der Waals surface area contributed by atoms with Crippen molar-refractivity contribution in [3.63, 3.8) is 0 Å². The first kappa shape index (κ1) is 16.5. The predicted octanol–water partition coefficient (Wildman–Crippen LogP) is 3.58. The number of aliphatic hydroxyl groups excluding tert-OH is 1. The molecule has 0 spiro atoms. The second-order valence-corrected chi connectivity index (χ2v) is 5.44. The highest BCUT2D eigenvalue weighted by molar-refractivity contribution is 9.10. The van der Waals surface area contributed by atoms with Crippen LogP contribution in [0.4, 0.5) is 5.69 Å². The zero-order valence-electron chi connectivity index (χ0n) is 12.0. The lowest BCUT2D eigenvalue weighted by atomic mass is 10.1. The van der Waals surface area contributed by atoms with Gasteiger partial charge in [-0.05, 0) is 30.5 Å². The molecule has 0 fully saturated rings. The lowest BCUT2D eigenvalue weighted by Crippen LogP contribution is -2.37. The maximum Gasteiger partial charge on any atom is 0.0692 e. The fourth-order valence-corrected chi connectivity index (χ4v) is 2.78. The fraction of sp³-hybridized carbons (Fsp3) is 0.600. The van der Waals surface area contributed by atoms with Gasteiger partial charge >= 0.3 is 0 Å². The molecule has 1 N–H and O–H groups in total. The third kappa shape index (κ3) is 4.48. The Morgan fingerprint density at radius 1 is 1.32 bits per heavy atom. The molecule has 0 aromatic heterocycles. The van der Waals surface area contributed by atoms with E-state index in [4.69, 9.17) is 4.74 Å². The molecule has 3 nitrogen and oxygen atoms in total. The fourth-order valence-electron chi connectivity index (χ4n) is 2.28. The average molecular weight is 330 g/mol. The third-order valence-electron chi connectivity index (χ3n) is 3.46. The first-order valence-corrected chi connectivity index (χ1v) is 7.62. The van der Waals surface area contributed by atoms with E-state index < -0.39 is 0 Å². The van der Waals surface area contributed by atoms with E-state index in [0.29, 0.717) is 6.04 Å². The van der Waals surface area contributed by atoms with Crippen LogP contribution in [0.2, 0.25) is 0 Å². The van der Waals surface area contributed by atoms with E-state index in [2.05, 4.69) is 46.8 Å². The monoisotopic (exact) mass is 329 g/mol. The van der Waals surface area contributed by atoms with Gasteiger partial charge in [-0.2, -0.15) is 0 Å². The van der Waals surface area contributed by atoms with E-state index in [1.165, 1.54) is 5.69 Å². The van der Waals surface area contributed by atoms with Gasteiger partial charge in [-0.15, -0.1) is 0 Å². The van der Waals surface area contributed by atoms with Crippen LogP contribution in [-0.4, -0.2) is 31.4 Å². The van der Waals surface area contributed by atoms with Crippen molar-refractivity contribution in [1.82, 2.24) is 0 Å². The summed E-state index contributed by atoms with van der Waals surface area (Å²) < 4.78 is 6.17. The normalized spacial score (nSPS) is 11.1. The zero-order valence-corrected chi connectivity index (χ0v) is 13.6. The summed E-state index contributed by atoms with van der Waals surface area (Å²) in [6, 6.07) is 6.65. The Morgan fingerprint density at radius 2 is 2.00 bits per heavy atom. The second-order valence-electron chi connectivity index (χ2n) is 4.59. The molecule has 0 aliphatic heterocycles. The summed E-state index contributed by atoms with van der Waals surface area (Å²) in [4.78, 5) is 2.38. The standard InChI is InChI=1S/C15H24BrNO2/c1-4-13(5-2)17(8-9-19-3)14-7-6-12(11-18)15(16)10-14/h6-7,10,13,18H,4-5,8-9,11H2,1-3H3. The number of nitrogens with zero attached hydrogens (tertiary/aromatic N) is 1. The summed E-state index contributed by atoms with van der Waals surface area (Å²) in [6.45, 7) is 6.09. The molecular formula is C15H24BrNO2. The quantitative estimate of drug-likeness (QED) is 0.791. The summed E-state index contributed by atoms with van der Waals surface area (Å²) in [6.07, 6.45) is 2.22. The summed E-state index contributed by atoms with van der Waals surface area (Å²) in [7, 11) is 1.73. The summed E-state index contributed by atoms with van der Waals surface area (Å²) in [5.74, 6) is 0. The molecule has 0 amide bonds. The molecule has 0 saturated heterocycles. The van der Waals surface area contributed by atoms with Crippen LogP contribution >= 0.6 is 15.9 Å². The molecule has 0 aliphatic carbocycles. The Labute approximate surface area is 124 Å². The lowest BCUT2D eigenvalue weighted by Gasteiger charge is -2.33. The predicted molar refractivity (Wildman–Crippen MR) is 83.7 cm³/mol. The van der Waals surface area contributed by atoms with Gasteiger partial charge in [0.15, 0.2) is 0 Å². The Kier molecular flexibility index (Phi) is 7.42. The van der Waals surface area contributed by atoms with Crippen molar-refractivity contribution < 1.29 is 9.84 Å². The van der Waals surface area contributed by atoms with Gasteiger partial charge in [-0.25, -0.2) is 0 Å². The van der Waals surface area contributed by atoms with Crippen LogP contribution in [0.15, 0.2) is 22.7 Å². The summed E-state index contributed by atoms with van der Waals surface area (Å²) in [5.41, 5.74) is 2.09. The molecule has 0 unspecified atom stereocenters. The van der Waals surface area contributed by atoms with E-state index in [1.54, 1.807) is 7.11 Å². The molecule has 0 saturated carbocycles. The topological polar surface area (TPSA) is 32.7 Å². The third-order valence-corrected chi connectivity index (χ3v) is 4.20. The number of ether oxygens (including phenoxy) is 1. The smallest absolute Gasteiger partial charge is 0.0692 e. The summed E-state index contributed by atoms with van der Waals surface area (Å²) in [5, 5.41) is 9.23. The second kappa shape index (κ2) is 8.56. The molecule has 1 rings (SSSR count). The van der Waals surface area contributed by atoms with Crippen LogP contribution in [0.25, 0.3) is 0 Å². The van der Waals surface area contributed by atoms with Gasteiger partial charge in [0.05, 0.1) is 13.2 Å². The molecule has 108 valence electrons. The largest absolute Gasteiger partial charge is 0.392 e. The van der Waals surface area contributed by atoms with E-state index in [-0.39, 0.29) is 6.61 Å². The number of hydrogen-bond acceptors (Lipinski definition) is 3. The molecule has 0 aliphatic rings. The van der Waals surface area contributed by atoms with Crippen molar-refractivity contribution in [3.05, 3.63) is 28.2 Å². The molecule has 4 heteroatoms. The Morgan fingerprint density at radius 3 is 2.47 bits per heavy atom. The SMILES string of the molecule is CCC(CC)N(CCOC)c1ccc(CO)c(Br)c1. The van der Waals surface area contributed by atoms with Crippen LogP contribution in [0, 0.1) is 0 Å². The molecular weight excluding hydrogens is 306 g/mol. The van der Waals surface area contributed by atoms with Crippen molar-refractivity contribution in [2.45, 2.75) is 39.3 Å². The zero-order chi connectivity index (χ0) is 14.3. The van der Waals surface area contributed by atoms with Gasteiger partial charge in [0.2, 0.25) is 0 Å². The number of aliphatic hydroxyl groups is 1. The van der Waals surface area contributed by atoms with Gasteiger partial charge in [0, 0.05) is 29.9 Å². The first-order valence-electron chi connectivity index (χ1n) is 6.82. The highest BCUT2D eigenvalue weighted by Gasteiger charge is 2.16. The molecule has 0 radical (unpaired) electrons. The minimum atomic E-state index is 0.0594. The Balaban J connectivity index is 2.98. The van der Waals surface area contributed by atoms with Crippen LogP contribution in [0.1, 0.15) is 32.3 Å². The highest BCUT2D eigenvalue weighted by atomic mass is 79.9. The van der Waals surface area contributed by atoms with Gasteiger partial charge in [-0.3, -0.25) is 0 Å². The maximum absolute atomic E-state index is 9.23. The number of hydrogen-bond donors (Lipinski definition) is 1. The Bertz CT molecular complexity index is 380. The van der Waals surface area contributed by atoms with E-state index in [0.717, 1.165) is 36.0 Å². The minimum Gasteiger partial charge on any atom is -0.392 e. The van der Waals surface area contributed by atoms with Gasteiger partial charge in [0.25, 0.3) is 0 Å². The number of methoxy groups -OCH3 is 1. The number of benzene rings is 1. The van der Waals surface area contributed by atoms with Crippen molar-refractivity contribution in [2.75, 3.05) is 25.2 Å². The molecule has 0 heterocycles. The summed E-state index contributed by atoms with van der Waals surface area (Å²) >= 11 is 3.52. The molecule has 0 atom stereocenters. The van der Waals surface area contributed by atoms with E-state index >= 15 is 0 Å².